The van der Waals surface area contributed by atoms with Crippen LogP contribution in [0.25, 0.3) is 11.2 Å². The summed E-state index contributed by atoms with van der Waals surface area (Å²) < 4.78 is 0. The van der Waals surface area contributed by atoms with E-state index in [-0.39, 0.29) is 6.61 Å². The number of H-pyrrole nitrogens is 1. The number of aliphatic hydroxyl groups excluding tert-OH is 2. The van der Waals surface area contributed by atoms with E-state index in [9.17, 15) is 5.11 Å². The van der Waals surface area contributed by atoms with Gasteiger partial charge >= 0.3 is 0 Å². The van der Waals surface area contributed by atoms with Gasteiger partial charge in [-0.25, -0.2) is 15.0 Å². The van der Waals surface area contributed by atoms with Crippen LogP contribution in [0, 0.1) is 0 Å². The minimum Gasteiger partial charge on any atom is -0.394 e. The van der Waals surface area contributed by atoms with Crippen LogP contribution in [0.1, 0.15) is 0 Å². The van der Waals surface area contributed by atoms with Crippen molar-refractivity contribution in [2.75, 3.05) is 12.4 Å². The van der Waals surface area contributed by atoms with Gasteiger partial charge in [0.2, 0.25) is 0 Å². The maximum absolute atomic E-state index is 9.20. The zero-order valence-electron chi connectivity index (χ0n) is 7.79. The van der Waals surface area contributed by atoms with Crippen LogP contribution in [0.3, 0.4) is 0 Å². The molecule has 0 aromatic carbocycles. The Morgan fingerprint density at radius 3 is 3.07 bits per heavy atom. The Bertz CT molecular complexity index is 447. The molecular formula is C8H10N4O2S. The molecule has 7 heteroatoms. The Kier molecular flexibility index (Phi) is 3.14. The van der Waals surface area contributed by atoms with Crippen molar-refractivity contribution in [1.29, 1.82) is 0 Å². The average molecular weight is 226 g/mol. The number of rotatable bonds is 4. The quantitative estimate of drug-likeness (QED) is 0.493. The summed E-state index contributed by atoms with van der Waals surface area (Å²) >= 11 is 1.35. The first-order valence-electron chi connectivity index (χ1n) is 4.37. The zero-order valence-corrected chi connectivity index (χ0v) is 8.61. The first-order chi connectivity index (χ1) is 7.31. The number of hydrogen-bond donors (Lipinski definition) is 3. The second-order valence-electron chi connectivity index (χ2n) is 2.93. The van der Waals surface area contributed by atoms with Crippen LogP contribution in [-0.4, -0.2) is 48.6 Å². The first kappa shape index (κ1) is 10.3. The van der Waals surface area contributed by atoms with E-state index in [0.29, 0.717) is 11.4 Å². The van der Waals surface area contributed by atoms with Crippen molar-refractivity contribution in [2.45, 2.75) is 11.1 Å². The molecule has 0 bridgehead atoms. The lowest BCUT2D eigenvalue weighted by atomic mass is 10.4. The van der Waals surface area contributed by atoms with Gasteiger partial charge in [-0.3, -0.25) is 0 Å². The van der Waals surface area contributed by atoms with E-state index >= 15 is 0 Å². The van der Waals surface area contributed by atoms with Crippen molar-refractivity contribution in [1.82, 2.24) is 19.9 Å². The van der Waals surface area contributed by atoms with Gasteiger partial charge in [0.1, 0.15) is 16.9 Å². The fraction of sp³-hybridized carbons (Fsp3) is 0.375. The molecule has 15 heavy (non-hydrogen) atoms. The molecule has 1 atom stereocenters. The SMILES string of the molecule is OC[C@H](O)CSc1ncnc2nc[nH]c12. The highest BCUT2D eigenvalue weighted by Gasteiger charge is 2.08. The number of hydrogen-bond acceptors (Lipinski definition) is 6. The van der Waals surface area contributed by atoms with Gasteiger partial charge in [-0.05, 0) is 0 Å². The fourth-order valence-electron chi connectivity index (χ4n) is 1.08. The molecule has 80 valence electrons. The summed E-state index contributed by atoms with van der Waals surface area (Å²) in [6, 6.07) is 0. The Morgan fingerprint density at radius 2 is 2.27 bits per heavy atom. The second kappa shape index (κ2) is 4.56. The Hall–Kier alpha value is -1.18. The van der Waals surface area contributed by atoms with Crippen molar-refractivity contribution in [3.63, 3.8) is 0 Å². The predicted molar refractivity (Wildman–Crippen MR) is 55.5 cm³/mol. The summed E-state index contributed by atoms with van der Waals surface area (Å²) in [6.45, 7) is -0.246. The molecule has 6 nitrogen and oxygen atoms in total. The van der Waals surface area contributed by atoms with E-state index < -0.39 is 6.10 Å². The maximum atomic E-state index is 9.20. The van der Waals surface area contributed by atoms with Crippen LogP contribution in [0.5, 0.6) is 0 Å². The third-order valence-electron chi connectivity index (χ3n) is 1.81. The Morgan fingerprint density at radius 1 is 1.40 bits per heavy atom. The Labute approximate surface area is 89.8 Å². The van der Waals surface area contributed by atoms with Crippen LogP contribution in [0.2, 0.25) is 0 Å². The van der Waals surface area contributed by atoms with Crippen molar-refractivity contribution >= 4 is 22.9 Å². The highest BCUT2D eigenvalue weighted by atomic mass is 32.2. The van der Waals surface area contributed by atoms with Gasteiger partial charge in [0.15, 0.2) is 5.65 Å². The normalized spacial score (nSPS) is 13.2. The fourth-order valence-corrected chi connectivity index (χ4v) is 1.95. The van der Waals surface area contributed by atoms with Crippen LogP contribution >= 0.6 is 11.8 Å². The topological polar surface area (TPSA) is 94.9 Å². The van der Waals surface area contributed by atoms with Gasteiger partial charge in [-0.15, -0.1) is 11.8 Å². The molecule has 0 spiro atoms. The number of fused-ring (bicyclic) bond motifs is 1. The minimum absolute atomic E-state index is 0.246. The summed E-state index contributed by atoms with van der Waals surface area (Å²) in [7, 11) is 0. The number of nitrogens with one attached hydrogen (secondary N) is 1. The molecule has 0 aliphatic heterocycles. The number of thioether (sulfide) groups is 1. The lowest BCUT2D eigenvalue weighted by Crippen LogP contribution is -2.14. The number of aromatic amines is 1. The van der Waals surface area contributed by atoms with Crippen LogP contribution in [-0.2, 0) is 0 Å². The van der Waals surface area contributed by atoms with E-state index in [0.717, 1.165) is 10.5 Å². The molecule has 3 N–H and O–H groups in total. The van der Waals surface area contributed by atoms with E-state index in [1.807, 2.05) is 0 Å². The van der Waals surface area contributed by atoms with E-state index in [2.05, 4.69) is 19.9 Å². The summed E-state index contributed by atoms with van der Waals surface area (Å²) in [6.07, 6.45) is 2.24. The molecule has 0 radical (unpaired) electrons. The summed E-state index contributed by atoms with van der Waals surface area (Å²) in [5, 5.41) is 18.6. The van der Waals surface area contributed by atoms with Gasteiger partial charge in [-0.2, -0.15) is 0 Å². The molecule has 0 amide bonds. The van der Waals surface area contributed by atoms with Crippen LogP contribution < -0.4 is 0 Å². The molecule has 0 saturated carbocycles. The van der Waals surface area contributed by atoms with Crippen LogP contribution in [0.4, 0.5) is 0 Å². The summed E-state index contributed by atoms with van der Waals surface area (Å²) in [4.78, 5) is 15.0. The van der Waals surface area contributed by atoms with Gasteiger partial charge in [0, 0.05) is 5.75 Å². The molecule has 2 aromatic rings. The molecule has 0 saturated heterocycles. The first-order valence-corrected chi connectivity index (χ1v) is 5.35. The molecule has 2 heterocycles. The molecule has 0 aliphatic carbocycles. The van der Waals surface area contributed by atoms with Crippen molar-refractivity contribution in [2.24, 2.45) is 0 Å². The van der Waals surface area contributed by atoms with Gasteiger partial charge in [0.05, 0.1) is 19.0 Å². The van der Waals surface area contributed by atoms with E-state index in [1.54, 1.807) is 6.33 Å². The van der Waals surface area contributed by atoms with E-state index in [1.165, 1.54) is 18.1 Å². The molecule has 2 aromatic heterocycles. The predicted octanol–water partition coefficient (Wildman–Crippen LogP) is -0.202. The molecule has 0 aliphatic rings. The number of nitrogens with zero attached hydrogens (tertiary/aromatic N) is 3. The molecule has 0 unspecified atom stereocenters. The molecular weight excluding hydrogens is 216 g/mol. The van der Waals surface area contributed by atoms with Gasteiger partial charge < -0.3 is 15.2 Å². The summed E-state index contributed by atoms with van der Waals surface area (Å²) in [5.41, 5.74) is 1.36. The second-order valence-corrected chi connectivity index (χ2v) is 3.94. The maximum Gasteiger partial charge on any atom is 0.181 e. The van der Waals surface area contributed by atoms with Crippen molar-refractivity contribution in [3.05, 3.63) is 12.7 Å². The number of aromatic nitrogens is 4. The monoisotopic (exact) mass is 226 g/mol. The Balaban J connectivity index is 2.17. The largest absolute Gasteiger partial charge is 0.394 e. The molecule has 0 fully saturated rings. The lowest BCUT2D eigenvalue weighted by Gasteiger charge is -2.05. The molecule has 2 rings (SSSR count). The third kappa shape index (κ3) is 2.25. The van der Waals surface area contributed by atoms with Crippen molar-refractivity contribution in [3.8, 4) is 0 Å². The standard InChI is InChI=1S/C8H10N4O2S/c13-1-5(14)2-15-8-6-7(10-3-9-6)11-4-12-8/h3-5,13-14H,1-2H2,(H,9,10,11,12)/t5-/m0/s1. The minimum atomic E-state index is -0.733. The highest BCUT2D eigenvalue weighted by Crippen LogP contribution is 2.22. The van der Waals surface area contributed by atoms with Crippen molar-refractivity contribution < 1.29 is 10.2 Å². The zero-order chi connectivity index (χ0) is 10.7. The average Bonchev–Trinajstić information content (AvgIpc) is 2.74. The highest BCUT2D eigenvalue weighted by molar-refractivity contribution is 7.99. The van der Waals surface area contributed by atoms with Gasteiger partial charge in [-0.1, -0.05) is 0 Å². The summed E-state index contributed by atoms with van der Waals surface area (Å²) in [5.74, 6) is 0.391. The van der Waals surface area contributed by atoms with Gasteiger partial charge in [0.25, 0.3) is 0 Å². The number of imidazole rings is 1. The lowest BCUT2D eigenvalue weighted by molar-refractivity contribution is 0.113. The third-order valence-corrected chi connectivity index (χ3v) is 2.95. The van der Waals surface area contributed by atoms with E-state index in [4.69, 9.17) is 5.11 Å². The van der Waals surface area contributed by atoms with Crippen LogP contribution in [0.15, 0.2) is 17.7 Å². The smallest absolute Gasteiger partial charge is 0.181 e. The number of aliphatic hydroxyl groups is 2.